The van der Waals surface area contributed by atoms with Gasteiger partial charge in [0.1, 0.15) is 17.3 Å². The number of Topliss-reactive ketones (excluding diaryl/α,β-unsaturated/α-hetero) is 1. The van der Waals surface area contributed by atoms with Gasteiger partial charge in [0, 0.05) is 17.1 Å². The summed E-state index contributed by atoms with van der Waals surface area (Å²) in [5, 5.41) is 11.6. The Balaban J connectivity index is 1.75. The van der Waals surface area contributed by atoms with Gasteiger partial charge >= 0.3 is 0 Å². The summed E-state index contributed by atoms with van der Waals surface area (Å²) in [5.41, 5.74) is 1.81. The molecule has 0 aliphatic carbocycles. The molecule has 0 spiro atoms. The number of amides is 1. The zero-order chi connectivity index (χ0) is 23.5. The zero-order valence-electron chi connectivity index (χ0n) is 17.8. The molecule has 5 nitrogen and oxygen atoms in total. The molecule has 0 radical (unpaired) electrons. The van der Waals surface area contributed by atoms with Crippen LogP contribution in [0.2, 0.25) is 5.02 Å². The molecule has 3 aromatic carbocycles. The van der Waals surface area contributed by atoms with E-state index in [1.54, 1.807) is 36.4 Å². The van der Waals surface area contributed by atoms with Crippen molar-refractivity contribution in [2.75, 3.05) is 13.7 Å². The van der Waals surface area contributed by atoms with Crippen LogP contribution in [0, 0.1) is 5.82 Å². The Morgan fingerprint density at radius 2 is 1.64 bits per heavy atom. The number of rotatable bonds is 6. The van der Waals surface area contributed by atoms with E-state index in [4.69, 9.17) is 16.3 Å². The third-order valence-electron chi connectivity index (χ3n) is 5.64. The number of methoxy groups -OCH3 is 1. The van der Waals surface area contributed by atoms with Crippen molar-refractivity contribution < 1.29 is 23.8 Å². The van der Waals surface area contributed by atoms with E-state index < -0.39 is 23.5 Å². The van der Waals surface area contributed by atoms with Crippen LogP contribution in [0.15, 0.2) is 78.4 Å². The minimum atomic E-state index is -0.847. The number of aliphatic hydroxyl groups is 1. The minimum Gasteiger partial charge on any atom is -0.507 e. The van der Waals surface area contributed by atoms with Crippen molar-refractivity contribution in [1.82, 2.24) is 4.90 Å². The summed E-state index contributed by atoms with van der Waals surface area (Å²) in [5.74, 6) is -1.64. The van der Waals surface area contributed by atoms with Crippen LogP contribution < -0.4 is 4.74 Å². The highest BCUT2D eigenvalue weighted by atomic mass is 35.5. The Hall–Kier alpha value is -3.64. The number of carbonyl (C=O) groups is 2. The highest BCUT2D eigenvalue weighted by molar-refractivity contribution is 6.46. The molecule has 1 amide bonds. The Morgan fingerprint density at radius 3 is 2.24 bits per heavy atom. The number of likely N-dealkylation sites (tertiary alicyclic amines) is 1. The number of ether oxygens (including phenoxy) is 1. The normalized spacial score (nSPS) is 17.4. The second kappa shape index (κ2) is 9.46. The summed E-state index contributed by atoms with van der Waals surface area (Å²) < 4.78 is 18.7. The molecule has 1 fully saturated rings. The summed E-state index contributed by atoms with van der Waals surface area (Å²) in [6, 6.07) is 18.4. The van der Waals surface area contributed by atoms with E-state index in [0.717, 1.165) is 5.56 Å². The number of hydrogen-bond donors (Lipinski definition) is 1. The summed E-state index contributed by atoms with van der Waals surface area (Å²) >= 11 is 5.95. The van der Waals surface area contributed by atoms with Gasteiger partial charge in [0.15, 0.2) is 0 Å². The molecule has 168 valence electrons. The molecule has 1 heterocycles. The maximum Gasteiger partial charge on any atom is 0.295 e. The average Bonchev–Trinajstić information content (AvgIpc) is 3.08. The first-order valence-electron chi connectivity index (χ1n) is 10.3. The Bertz CT molecular complexity index is 1200. The van der Waals surface area contributed by atoms with Gasteiger partial charge in [0.25, 0.3) is 11.7 Å². The number of hydrogen-bond acceptors (Lipinski definition) is 4. The van der Waals surface area contributed by atoms with E-state index in [0.29, 0.717) is 28.3 Å². The lowest BCUT2D eigenvalue weighted by Gasteiger charge is -2.25. The van der Waals surface area contributed by atoms with Crippen LogP contribution >= 0.6 is 11.6 Å². The van der Waals surface area contributed by atoms with Crippen LogP contribution in [-0.4, -0.2) is 35.4 Å². The molecule has 3 aromatic rings. The predicted octanol–water partition coefficient (Wildman–Crippen LogP) is 5.15. The van der Waals surface area contributed by atoms with Crippen LogP contribution in [-0.2, 0) is 16.0 Å². The second-order valence-electron chi connectivity index (χ2n) is 7.65. The van der Waals surface area contributed by atoms with Gasteiger partial charge < -0.3 is 14.7 Å². The minimum absolute atomic E-state index is 0.0344. The third-order valence-corrected chi connectivity index (χ3v) is 5.90. The predicted molar refractivity (Wildman–Crippen MR) is 124 cm³/mol. The first-order chi connectivity index (χ1) is 15.9. The largest absolute Gasteiger partial charge is 0.507 e. The summed E-state index contributed by atoms with van der Waals surface area (Å²) in [6.45, 7) is 0.230. The van der Waals surface area contributed by atoms with E-state index in [1.165, 1.54) is 36.3 Å². The number of halogens is 2. The van der Waals surface area contributed by atoms with Crippen LogP contribution in [0.1, 0.15) is 22.7 Å². The fourth-order valence-corrected chi connectivity index (χ4v) is 4.03. The van der Waals surface area contributed by atoms with Gasteiger partial charge in [-0.1, -0.05) is 35.9 Å². The Kier molecular flexibility index (Phi) is 6.47. The molecule has 0 saturated carbocycles. The molecular formula is C26H21ClFNO4. The van der Waals surface area contributed by atoms with Crippen molar-refractivity contribution >= 4 is 29.1 Å². The quantitative estimate of drug-likeness (QED) is 0.310. The van der Waals surface area contributed by atoms with Crippen molar-refractivity contribution in [1.29, 1.82) is 0 Å². The van der Waals surface area contributed by atoms with Crippen molar-refractivity contribution in [2.24, 2.45) is 0 Å². The molecule has 0 bridgehead atoms. The molecule has 1 aliphatic rings. The van der Waals surface area contributed by atoms with E-state index in [2.05, 4.69) is 0 Å². The molecule has 7 heteroatoms. The lowest BCUT2D eigenvalue weighted by molar-refractivity contribution is -0.139. The molecule has 0 aromatic heterocycles. The van der Waals surface area contributed by atoms with Crippen LogP contribution in [0.25, 0.3) is 5.76 Å². The number of aliphatic hydroxyl groups excluding tert-OH is 1. The van der Waals surface area contributed by atoms with Gasteiger partial charge in [-0.15, -0.1) is 0 Å². The zero-order valence-corrected chi connectivity index (χ0v) is 18.6. The summed E-state index contributed by atoms with van der Waals surface area (Å²) in [6.07, 6.45) is 0.477. The molecule has 1 unspecified atom stereocenters. The maximum atomic E-state index is 13.6. The van der Waals surface area contributed by atoms with Crippen molar-refractivity contribution in [3.63, 3.8) is 0 Å². The van der Waals surface area contributed by atoms with E-state index in [9.17, 15) is 19.1 Å². The SMILES string of the molecule is COc1ccc(/C(O)=C2/C(=O)C(=O)N(CCc3ccc(Cl)cc3)C2c2ccc(F)cc2)cc1. The molecule has 1 atom stereocenters. The number of benzene rings is 3. The first-order valence-corrected chi connectivity index (χ1v) is 10.7. The molecular weight excluding hydrogens is 445 g/mol. The fourth-order valence-electron chi connectivity index (χ4n) is 3.91. The first kappa shape index (κ1) is 22.6. The highest BCUT2D eigenvalue weighted by Crippen LogP contribution is 2.39. The Morgan fingerprint density at radius 1 is 1.00 bits per heavy atom. The van der Waals surface area contributed by atoms with Gasteiger partial charge in [-0.25, -0.2) is 4.39 Å². The molecule has 1 aliphatic heterocycles. The van der Waals surface area contributed by atoms with Crippen molar-refractivity contribution in [3.8, 4) is 5.75 Å². The lowest BCUT2D eigenvalue weighted by atomic mass is 9.95. The van der Waals surface area contributed by atoms with Gasteiger partial charge in [0.2, 0.25) is 0 Å². The fraction of sp³-hybridized carbons (Fsp3) is 0.154. The molecule has 4 rings (SSSR count). The monoisotopic (exact) mass is 465 g/mol. The van der Waals surface area contributed by atoms with Crippen LogP contribution in [0.5, 0.6) is 5.75 Å². The van der Waals surface area contributed by atoms with Crippen LogP contribution in [0.3, 0.4) is 0 Å². The van der Waals surface area contributed by atoms with Gasteiger partial charge in [-0.05, 0) is 66.1 Å². The van der Waals surface area contributed by atoms with Crippen molar-refractivity contribution in [3.05, 3.63) is 106 Å². The molecule has 1 saturated heterocycles. The van der Waals surface area contributed by atoms with Gasteiger partial charge in [0.05, 0.1) is 18.7 Å². The summed E-state index contributed by atoms with van der Waals surface area (Å²) in [4.78, 5) is 27.4. The van der Waals surface area contributed by atoms with E-state index >= 15 is 0 Å². The second-order valence-corrected chi connectivity index (χ2v) is 8.09. The van der Waals surface area contributed by atoms with Gasteiger partial charge in [-0.2, -0.15) is 0 Å². The highest BCUT2D eigenvalue weighted by Gasteiger charge is 2.45. The van der Waals surface area contributed by atoms with Crippen molar-refractivity contribution in [2.45, 2.75) is 12.5 Å². The third kappa shape index (κ3) is 4.61. The maximum absolute atomic E-state index is 13.6. The lowest BCUT2D eigenvalue weighted by Crippen LogP contribution is -2.31. The average molecular weight is 466 g/mol. The van der Waals surface area contributed by atoms with E-state index in [-0.39, 0.29) is 17.9 Å². The van der Waals surface area contributed by atoms with Gasteiger partial charge in [-0.3, -0.25) is 9.59 Å². The Labute approximate surface area is 195 Å². The standard InChI is InChI=1S/C26H21ClFNO4/c1-33-21-12-6-18(7-13-21)24(30)22-23(17-4-10-20(28)11-5-17)29(26(32)25(22)31)15-14-16-2-8-19(27)9-3-16/h2-13,23,30H,14-15H2,1H3/b24-22-. The molecule has 33 heavy (non-hydrogen) atoms. The molecule has 1 N–H and O–H groups in total. The topological polar surface area (TPSA) is 66.8 Å². The smallest absolute Gasteiger partial charge is 0.295 e. The summed E-state index contributed by atoms with van der Waals surface area (Å²) in [7, 11) is 1.52. The number of nitrogens with zero attached hydrogens (tertiary/aromatic N) is 1. The number of ketones is 1. The number of carbonyl (C=O) groups excluding carboxylic acids is 2. The van der Waals surface area contributed by atoms with E-state index in [1.807, 2.05) is 12.1 Å². The van der Waals surface area contributed by atoms with Crippen LogP contribution in [0.4, 0.5) is 4.39 Å².